The Morgan fingerprint density at radius 2 is 2.04 bits per heavy atom. The first-order valence-electron chi connectivity index (χ1n) is 10.1. The SMILES string of the molecule is C[Si](C)(O)CCCNC1CCC2CC(O)C(N3CC(=O)NS3(=O)=O)C(F)C2C1. The second-order valence-corrected chi connectivity index (χ2v) is 14.9. The average Bonchev–Trinajstić information content (AvgIpc) is 2.83. The van der Waals surface area contributed by atoms with E-state index in [0.717, 1.165) is 36.2 Å². The second-order valence-electron chi connectivity index (χ2n) is 9.12. The minimum absolute atomic E-state index is 0.0250. The predicted molar refractivity (Wildman–Crippen MR) is 105 cm³/mol. The van der Waals surface area contributed by atoms with Crippen LogP contribution in [0.5, 0.6) is 0 Å². The molecule has 3 rings (SSSR count). The number of rotatable bonds is 6. The number of carbonyl (C=O) groups is 1. The van der Waals surface area contributed by atoms with Crippen LogP contribution < -0.4 is 10.0 Å². The Bertz CT molecular complexity index is 689. The van der Waals surface area contributed by atoms with E-state index in [2.05, 4.69) is 5.32 Å². The number of hydrogen-bond acceptors (Lipinski definition) is 6. The monoisotopic (exact) mass is 437 g/mol. The summed E-state index contributed by atoms with van der Waals surface area (Å²) >= 11 is 0. The van der Waals surface area contributed by atoms with Gasteiger partial charge in [0.15, 0.2) is 8.32 Å². The van der Waals surface area contributed by atoms with E-state index in [9.17, 15) is 23.1 Å². The van der Waals surface area contributed by atoms with Crippen LogP contribution in [-0.2, 0) is 15.0 Å². The fourth-order valence-electron chi connectivity index (χ4n) is 4.96. The summed E-state index contributed by atoms with van der Waals surface area (Å²) in [5.41, 5.74) is 0. The van der Waals surface area contributed by atoms with E-state index in [1.54, 1.807) is 0 Å². The highest BCUT2D eigenvalue weighted by molar-refractivity contribution is 7.88. The Kier molecular flexibility index (Phi) is 6.53. The summed E-state index contributed by atoms with van der Waals surface area (Å²) in [6, 6.07) is -0.258. The van der Waals surface area contributed by atoms with Crippen molar-refractivity contribution in [1.82, 2.24) is 14.3 Å². The number of aliphatic hydroxyl groups excluding tert-OH is 1. The lowest BCUT2D eigenvalue weighted by molar-refractivity contribution is -0.119. The van der Waals surface area contributed by atoms with Gasteiger partial charge in [0.05, 0.1) is 18.7 Å². The Morgan fingerprint density at radius 1 is 1.32 bits per heavy atom. The summed E-state index contributed by atoms with van der Waals surface area (Å²) in [6.45, 7) is 4.14. The third-order valence-corrected chi connectivity index (χ3v) is 9.36. The van der Waals surface area contributed by atoms with E-state index >= 15 is 4.39 Å². The summed E-state index contributed by atoms with van der Waals surface area (Å²) in [4.78, 5) is 21.4. The van der Waals surface area contributed by atoms with E-state index < -0.39 is 49.3 Å². The van der Waals surface area contributed by atoms with Gasteiger partial charge in [-0.15, -0.1) is 0 Å². The van der Waals surface area contributed by atoms with Crippen LogP contribution in [0.3, 0.4) is 0 Å². The summed E-state index contributed by atoms with van der Waals surface area (Å²) in [6.07, 6.45) is 0.881. The molecule has 0 bridgehead atoms. The van der Waals surface area contributed by atoms with Crippen molar-refractivity contribution in [3.63, 3.8) is 0 Å². The topological polar surface area (TPSA) is 119 Å². The van der Waals surface area contributed by atoms with Gasteiger partial charge >= 0.3 is 10.2 Å². The molecule has 0 aromatic heterocycles. The highest BCUT2D eigenvalue weighted by atomic mass is 32.2. The van der Waals surface area contributed by atoms with Crippen LogP contribution >= 0.6 is 0 Å². The van der Waals surface area contributed by atoms with Crippen molar-refractivity contribution in [3.05, 3.63) is 0 Å². The van der Waals surface area contributed by atoms with E-state index in [4.69, 9.17) is 0 Å². The summed E-state index contributed by atoms with van der Waals surface area (Å²) in [5, 5.41) is 13.9. The number of aliphatic hydroxyl groups is 1. The predicted octanol–water partition coefficient (Wildman–Crippen LogP) is 0.0963. The molecule has 0 radical (unpaired) electrons. The largest absolute Gasteiger partial charge is 0.432 e. The van der Waals surface area contributed by atoms with Crippen molar-refractivity contribution < 1.29 is 27.5 Å². The van der Waals surface area contributed by atoms with Crippen LogP contribution in [0.25, 0.3) is 0 Å². The molecular weight excluding hydrogens is 405 g/mol. The van der Waals surface area contributed by atoms with Gasteiger partial charge in [-0.05, 0) is 69.6 Å². The lowest BCUT2D eigenvalue weighted by Crippen LogP contribution is -2.59. The highest BCUT2D eigenvalue weighted by Gasteiger charge is 2.53. The number of amides is 1. The molecule has 1 saturated heterocycles. The maximum Gasteiger partial charge on any atom is 0.304 e. The number of nitrogens with one attached hydrogen (secondary N) is 2. The fourth-order valence-corrected chi connectivity index (χ4v) is 7.33. The smallest absolute Gasteiger partial charge is 0.304 e. The lowest BCUT2D eigenvalue weighted by atomic mass is 9.66. The second kappa shape index (κ2) is 8.27. The third-order valence-electron chi connectivity index (χ3n) is 6.30. The first kappa shape index (κ1) is 22.1. The van der Waals surface area contributed by atoms with Crippen LogP contribution in [0.2, 0.25) is 19.1 Å². The fraction of sp³-hybridized carbons (Fsp3) is 0.941. The van der Waals surface area contributed by atoms with Gasteiger partial charge in [0.25, 0.3) is 0 Å². The van der Waals surface area contributed by atoms with Gasteiger partial charge in [0.1, 0.15) is 6.17 Å². The van der Waals surface area contributed by atoms with Crippen LogP contribution in [0.15, 0.2) is 0 Å². The molecule has 162 valence electrons. The summed E-state index contributed by atoms with van der Waals surface area (Å²) < 4.78 is 42.3. The molecule has 0 spiro atoms. The molecule has 11 heteroatoms. The minimum Gasteiger partial charge on any atom is -0.432 e. The zero-order valence-corrected chi connectivity index (χ0v) is 18.3. The molecule has 1 heterocycles. The molecule has 2 aliphatic carbocycles. The summed E-state index contributed by atoms with van der Waals surface area (Å²) in [7, 11) is -6.14. The third kappa shape index (κ3) is 4.93. The van der Waals surface area contributed by atoms with Crippen LogP contribution in [-0.4, -0.2) is 74.3 Å². The summed E-state index contributed by atoms with van der Waals surface area (Å²) in [5.74, 6) is -1.01. The maximum absolute atomic E-state index is 15.4. The molecule has 2 saturated carbocycles. The molecule has 1 amide bonds. The van der Waals surface area contributed by atoms with Crippen molar-refractivity contribution in [2.45, 2.75) is 75.6 Å². The number of fused-ring (bicyclic) bond motifs is 1. The number of carbonyl (C=O) groups excluding carboxylic acids is 1. The molecule has 4 N–H and O–H groups in total. The Balaban J connectivity index is 1.62. The van der Waals surface area contributed by atoms with E-state index in [1.165, 1.54) is 0 Å². The van der Waals surface area contributed by atoms with Crippen molar-refractivity contribution in [3.8, 4) is 0 Å². The van der Waals surface area contributed by atoms with Crippen molar-refractivity contribution in [2.75, 3.05) is 13.1 Å². The zero-order valence-electron chi connectivity index (χ0n) is 16.5. The molecule has 0 aromatic carbocycles. The van der Waals surface area contributed by atoms with Crippen LogP contribution in [0, 0.1) is 11.8 Å². The van der Waals surface area contributed by atoms with Gasteiger partial charge in [-0.2, -0.15) is 12.7 Å². The van der Waals surface area contributed by atoms with Crippen LogP contribution in [0.1, 0.15) is 32.1 Å². The number of alkyl halides is 1. The highest BCUT2D eigenvalue weighted by Crippen LogP contribution is 2.44. The van der Waals surface area contributed by atoms with Gasteiger partial charge in [0, 0.05) is 6.04 Å². The molecule has 1 aliphatic heterocycles. The molecule has 28 heavy (non-hydrogen) atoms. The normalized spacial score (nSPS) is 38.8. The number of hydrogen-bond donors (Lipinski definition) is 4. The maximum atomic E-state index is 15.4. The number of nitrogens with zero attached hydrogens (tertiary/aromatic N) is 1. The average molecular weight is 438 g/mol. The lowest BCUT2D eigenvalue weighted by Gasteiger charge is -2.48. The molecule has 3 aliphatic rings. The Morgan fingerprint density at radius 3 is 2.64 bits per heavy atom. The van der Waals surface area contributed by atoms with Gasteiger partial charge < -0.3 is 15.2 Å². The molecular formula is C17H32FN3O5SSi. The van der Waals surface area contributed by atoms with Gasteiger partial charge in [-0.25, -0.2) is 9.11 Å². The van der Waals surface area contributed by atoms with Crippen molar-refractivity contribution >= 4 is 24.4 Å². The van der Waals surface area contributed by atoms with E-state index in [-0.39, 0.29) is 17.9 Å². The van der Waals surface area contributed by atoms with Gasteiger partial charge in [-0.1, -0.05) is 0 Å². The molecule has 8 nitrogen and oxygen atoms in total. The molecule has 3 fully saturated rings. The minimum atomic E-state index is -4.09. The first-order valence-corrected chi connectivity index (χ1v) is 14.7. The van der Waals surface area contributed by atoms with E-state index in [0.29, 0.717) is 12.8 Å². The molecule has 6 unspecified atom stereocenters. The van der Waals surface area contributed by atoms with Crippen molar-refractivity contribution in [1.29, 1.82) is 0 Å². The van der Waals surface area contributed by atoms with Crippen molar-refractivity contribution in [2.24, 2.45) is 11.8 Å². The quantitative estimate of drug-likeness (QED) is 0.346. The Labute approximate surface area is 167 Å². The number of halogens is 1. The first-order chi connectivity index (χ1) is 13.0. The standard InChI is InChI=1S/C17H32FN3O5SSi/c1-28(2,26)7-3-6-19-12-5-4-11-8-14(22)17(16(18)13(11)9-12)21-10-15(23)20-27(21,24)25/h11-14,16-17,19,22,26H,3-10H2,1-2H3,(H,20,23). The zero-order chi connectivity index (χ0) is 20.7. The van der Waals surface area contributed by atoms with E-state index in [1.807, 2.05) is 17.8 Å². The molecule has 0 aromatic rings. The van der Waals surface area contributed by atoms with Gasteiger partial charge in [0.2, 0.25) is 5.91 Å². The Hall–Kier alpha value is -0.593. The molecule has 6 atom stereocenters. The van der Waals surface area contributed by atoms with Gasteiger partial charge in [-0.3, -0.25) is 4.79 Å². The van der Waals surface area contributed by atoms with Crippen LogP contribution in [0.4, 0.5) is 4.39 Å².